The van der Waals surface area contributed by atoms with Crippen LogP contribution in [0.3, 0.4) is 0 Å². The van der Waals surface area contributed by atoms with Crippen molar-refractivity contribution in [1.29, 1.82) is 0 Å². The largest absolute Gasteiger partial charge is 0.379 e. The summed E-state index contributed by atoms with van der Waals surface area (Å²) in [7, 11) is 0. The summed E-state index contributed by atoms with van der Waals surface area (Å²) in [6, 6.07) is 10.5. The molecule has 0 amide bonds. The van der Waals surface area contributed by atoms with Crippen LogP contribution in [0.4, 0.5) is 4.39 Å². The van der Waals surface area contributed by atoms with Gasteiger partial charge in [0.05, 0.1) is 5.56 Å². The lowest BCUT2D eigenvalue weighted by Gasteiger charge is -2.01. The topological polar surface area (TPSA) is 77.6 Å². The molecule has 1 aromatic heterocycles. The quantitative estimate of drug-likeness (QED) is 0.394. The van der Waals surface area contributed by atoms with Crippen LogP contribution in [0.1, 0.15) is 16.1 Å². The second-order valence-corrected chi connectivity index (χ2v) is 3.55. The highest BCUT2D eigenvalue weighted by Crippen LogP contribution is 2.08. The summed E-state index contributed by atoms with van der Waals surface area (Å²) in [5.41, 5.74) is 5.73. The van der Waals surface area contributed by atoms with Crippen LogP contribution in [0.25, 0.3) is 0 Å². The van der Waals surface area contributed by atoms with Gasteiger partial charge in [0.2, 0.25) is 0 Å². The van der Waals surface area contributed by atoms with Crippen molar-refractivity contribution in [3.8, 4) is 0 Å². The highest BCUT2D eigenvalue weighted by molar-refractivity contribution is 5.96. The molecule has 1 aromatic carbocycles. The van der Waals surface area contributed by atoms with Crippen LogP contribution in [0.2, 0.25) is 0 Å². The Kier molecular flexibility index (Phi) is 3.82. The Morgan fingerprint density at radius 3 is 2.63 bits per heavy atom. The predicted octanol–water partition coefficient (Wildman–Crippen LogP) is 1.70. The Balaban J connectivity index is 2.11. The predicted molar refractivity (Wildman–Crippen MR) is 66.8 cm³/mol. The van der Waals surface area contributed by atoms with E-state index in [2.05, 4.69) is 15.0 Å². The maximum absolute atomic E-state index is 13.3. The first-order chi connectivity index (χ1) is 9.18. The molecule has 0 fully saturated rings. The van der Waals surface area contributed by atoms with E-state index in [-0.39, 0.29) is 11.4 Å². The van der Waals surface area contributed by atoms with Crippen LogP contribution in [0.15, 0.2) is 53.8 Å². The van der Waals surface area contributed by atoms with Crippen molar-refractivity contribution < 1.29 is 14.0 Å². The number of nitrogens with zero attached hydrogens (tertiary/aromatic N) is 2. The van der Waals surface area contributed by atoms with Gasteiger partial charge in [0.25, 0.3) is 0 Å². The fourth-order valence-corrected chi connectivity index (χ4v) is 1.33. The molecule has 0 unspecified atom stereocenters. The van der Waals surface area contributed by atoms with E-state index in [1.807, 2.05) is 0 Å². The van der Waals surface area contributed by atoms with Crippen LogP contribution < -0.4 is 5.73 Å². The normalized spacial score (nSPS) is 11.1. The number of rotatable bonds is 3. The van der Waals surface area contributed by atoms with E-state index in [0.29, 0.717) is 5.69 Å². The van der Waals surface area contributed by atoms with Gasteiger partial charge >= 0.3 is 5.97 Å². The van der Waals surface area contributed by atoms with Crippen LogP contribution in [-0.4, -0.2) is 16.8 Å². The van der Waals surface area contributed by atoms with Crippen LogP contribution in [0.5, 0.6) is 0 Å². The number of nitrogens with two attached hydrogens (primary N) is 1. The number of pyridine rings is 1. The standard InChI is InChI=1S/C13H10FN3O2/c14-10-6-2-1-5-9(10)13(18)19-17-12(15)11-7-3-4-8-16-11/h1-8H,(H2,15,17). The molecule has 6 heteroatoms. The van der Waals surface area contributed by atoms with Crippen molar-refractivity contribution in [2.45, 2.75) is 0 Å². The molecule has 1 heterocycles. The maximum atomic E-state index is 13.3. The van der Waals surface area contributed by atoms with Crippen LogP contribution in [-0.2, 0) is 4.84 Å². The summed E-state index contributed by atoms with van der Waals surface area (Å²) in [5.74, 6) is -1.67. The fourth-order valence-electron chi connectivity index (χ4n) is 1.33. The number of amidine groups is 1. The molecule has 0 aliphatic carbocycles. The zero-order chi connectivity index (χ0) is 13.7. The number of carbonyl (C=O) groups excluding carboxylic acids is 1. The van der Waals surface area contributed by atoms with Gasteiger partial charge in [0, 0.05) is 6.20 Å². The van der Waals surface area contributed by atoms with Crippen LogP contribution >= 0.6 is 0 Å². The molecule has 0 atom stereocenters. The lowest BCUT2D eigenvalue weighted by molar-refractivity contribution is 0.0510. The smallest absolute Gasteiger partial charge is 0.368 e. The fraction of sp³-hybridized carbons (Fsp3) is 0. The molecule has 0 saturated carbocycles. The first-order valence-electron chi connectivity index (χ1n) is 5.39. The lowest BCUT2D eigenvalue weighted by Crippen LogP contribution is -2.16. The van der Waals surface area contributed by atoms with E-state index in [1.165, 1.54) is 24.4 Å². The van der Waals surface area contributed by atoms with E-state index in [4.69, 9.17) is 5.73 Å². The van der Waals surface area contributed by atoms with Gasteiger partial charge in [-0.1, -0.05) is 23.4 Å². The molecule has 0 radical (unpaired) electrons. The third kappa shape index (κ3) is 3.12. The molecule has 2 N–H and O–H groups in total. The summed E-state index contributed by atoms with van der Waals surface area (Å²) in [5, 5.41) is 3.43. The zero-order valence-corrected chi connectivity index (χ0v) is 9.79. The Labute approximate surface area is 108 Å². The maximum Gasteiger partial charge on any atom is 0.368 e. The highest BCUT2D eigenvalue weighted by Gasteiger charge is 2.12. The zero-order valence-electron chi connectivity index (χ0n) is 9.79. The van der Waals surface area contributed by atoms with Gasteiger partial charge in [-0.15, -0.1) is 0 Å². The summed E-state index contributed by atoms with van der Waals surface area (Å²) in [6.07, 6.45) is 1.52. The number of benzene rings is 1. The van der Waals surface area contributed by atoms with Gasteiger partial charge in [-0.25, -0.2) is 9.18 Å². The minimum atomic E-state index is -0.919. The molecule has 0 aliphatic heterocycles. The molecule has 19 heavy (non-hydrogen) atoms. The Bertz CT molecular complexity index is 614. The van der Waals surface area contributed by atoms with Crippen molar-refractivity contribution in [3.05, 3.63) is 65.7 Å². The summed E-state index contributed by atoms with van der Waals surface area (Å²) >= 11 is 0. The number of hydrogen-bond acceptors (Lipinski definition) is 4. The van der Waals surface area contributed by atoms with Crippen molar-refractivity contribution in [2.24, 2.45) is 10.9 Å². The molecule has 0 aliphatic rings. The highest BCUT2D eigenvalue weighted by atomic mass is 19.1. The first-order valence-corrected chi connectivity index (χ1v) is 5.39. The first kappa shape index (κ1) is 12.7. The van der Waals surface area contributed by atoms with E-state index in [9.17, 15) is 9.18 Å². The van der Waals surface area contributed by atoms with Gasteiger partial charge in [0.15, 0.2) is 5.84 Å². The second-order valence-electron chi connectivity index (χ2n) is 3.55. The molecule has 2 rings (SSSR count). The van der Waals surface area contributed by atoms with Crippen molar-refractivity contribution in [3.63, 3.8) is 0 Å². The summed E-state index contributed by atoms with van der Waals surface area (Å²) in [4.78, 5) is 20.1. The molecule has 0 bridgehead atoms. The SMILES string of the molecule is N/C(=N/OC(=O)c1ccccc1F)c1ccccn1. The molecule has 96 valence electrons. The van der Waals surface area contributed by atoms with Gasteiger partial charge in [-0.2, -0.15) is 0 Å². The molecular weight excluding hydrogens is 249 g/mol. The Morgan fingerprint density at radius 1 is 1.21 bits per heavy atom. The summed E-state index contributed by atoms with van der Waals surface area (Å²) < 4.78 is 13.3. The van der Waals surface area contributed by atoms with E-state index in [0.717, 1.165) is 6.07 Å². The van der Waals surface area contributed by atoms with Crippen molar-refractivity contribution in [2.75, 3.05) is 0 Å². The van der Waals surface area contributed by atoms with Crippen LogP contribution in [0, 0.1) is 5.82 Å². The van der Waals surface area contributed by atoms with Gasteiger partial charge in [-0.3, -0.25) is 4.98 Å². The number of carbonyl (C=O) groups is 1. The average Bonchev–Trinajstić information content (AvgIpc) is 2.46. The third-order valence-corrected chi connectivity index (χ3v) is 2.25. The number of halogens is 1. The summed E-state index contributed by atoms with van der Waals surface area (Å²) in [6.45, 7) is 0. The lowest BCUT2D eigenvalue weighted by atomic mass is 10.2. The monoisotopic (exact) mass is 259 g/mol. The average molecular weight is 259 g/mol. The molecule has 0 spiro atoms. The molecular formula is C13H10FN3O2. The van der Waals surface area contributed by atoms with E-state index in [1.54, 1.807) is 18.2 Å². The number of aromatic nitrogens is 1. The number of hydrogen-bond donors (Lipinski definition) is 1. The molecule has 0 saturated heterocycles. The minimum absolute atomic E-state index is 0.0645. The van der Waals surface area contributed by atoms with Gasteiger partial charge in [0.1, 0.15) is 11.5 Å². The van der Waals surface area contributed by atoms with Crippen molar-refractivity contribution >= 4 is 11.8 Å². The van der Waals surface area contributed by atoms with E-state index >= 15 is 0 Å². The second kappa shape index (κ2) is 5.72. The molecule has 2 aromatic rings. The van der Waals surface area contributed by atoms with Crippen molar-refractivity contribution in [1.82, 2.24) is 4.98 Å². The third-order valence-electron chi connectivity index (χ3n) is 2.25. The van der Waals surface area contributed by atoms with Gasteiger partial charge < -0.3 is 10.6 Å². The molecule has 5 nitrogen and oxygen atoms in total. The van der Waals surface area contributed by atoms with E-state index < -0.39 is 11.8 Å². The van der Waals surface area contributed by atoms with Gasteiger partial charge in [-0.05, 0) is 24.3 Å². The Hall–Kier alpha value is -2.76. The Morgan fingerprint density at radius 2 is 1.95 bits per heavy atom. The minimum Gasteiger partial charge on any atom is -0.379 e. The number of oxime groups is 1.